The molecule has 0 saturated carbocycles. The molecule has 140 valence electrons. The molecular formula is C21H22N2O4. The molecule has 2 aromatic rings. The molecule has 2 aromatic carbocycles. The summed E-state index contributed by atoms with van der Waals surface area (Å²) in [6, 6.07) is 13.1. The van der Waals surface area contributed by atoms with Crippen LogP contribution in [0.4, 0.5) is 0 Å². The second-order valence-electron chi connectivity index (χ2n) is 6.70. The number of carbonyl (C=O) groups is 2. The van der Waals surface area contributed by atoms with Crippen molar-refractivity contribution in [2.75, 3.05) is 46.5 Å². The van der Waals surface area contributed by atoms with E-state index in [-0.39, 0.29) is 11.8 Å². The Hall–Kier alpha value is -2.70. The minimum atomic E-state index is -0.210. The van der Waals surface area contributed by atoms with E-state index in [0.717, 1.165) is 30.0 Å². The average Bonchev–Trinajstić information content (AvgIpc) is 2.97. The van der Waals surface area contributed by atoms with E-state index >= 15 is 0 Å². The van der Waals surface area contributed by atoms with Gasteiger partial charge in [-0.15, -0.1) is 0 Å². The van der Waals surface area contributed by atoms with E-state index in [2.05, 4.69) is 4.90 Å². The van der Waals surface area contributed by atoms with Gasteiger partial charge in [0.2, 0.25) is 0 Å². The SMILES string of the molecule is COc1ccc(-c2ccc3c(c2)C(=O)N(CCN2CCOCC2)C3=O)cc1. The Balaban J connectivity index is 1.52. The number of carbonyl (C=O) groups excluding carboxylic acids is 2. The minimum absolute atomic E-state index is 0.204. The van der Waals surface area contributed by atoms with Crippen LogP contribution in [0.2, 0.25) is 0 Å². The summed E-state index contributed by atoms with van der Waals surface area (Å²) in [5, 5.41) is 0. The number of hydrogen-bond acceptors (Lipinski definition) is 5. The number of morpholine rings is 1. The van der Waals surface area contributed by atoms with E-state index in [1.165, 1.54) is 4.90 Å². The lowest BCUT2D eigenvalue weighted by Gasteiger charge is -2.27. The van der Waals surface area contributed by atoms with Crippen molar-refractivity contribution in [3.63, 3.8) is 0 Å². The highest BCUT2D eigenvalue weighted by molar-refractivity contribution is 6.21. The first-order valence-electron chi connectivity index (χ1n) is 9.12. The molecule has 2 amide bonds. The van der Waals surface area contributed by atoms with Gasteiger partial charge in [0.1, 0.15) is 5.75 Å². The summed E-state index contributed by atoms with van der Waals surface area (Å²) in [6.07, 6.45) is 0. The van der Waals surface area contributed by atoms with Crippen molar-refractivity contribution in [1.29, 1.82) is 0 Å². The average molecular weight is 366 g/mol. The van der Waals surface area contributed by atoms with Crippen LogP contribution in [0.5, 0.6) is 5.75 Å². The van der Waals surface area contributed by atoms with E-state index in [4.69, 9.17) is 9.47 Å². The Labute approximate surface area is 158 Å². The van der Waals surface area contributed by atoms with E-state index in [0.29, 0.717) is 37.4 Å². The first kappa shape index (κ1) is 17.7. The van der Waals surface area contributed by atoms with Crippen LogP contribution in [0, 0.1) is 0 Å². The number of ether oxygens (including phenoxy) is 2. The highest BCUT2D eigenvalue weighted by Crippen LogP contribution is 2.29. The predicted octanol–water partition coefficient (Wildman–Crippen LogP) is 2.29. The summed E-state index contributed by atoms with van der Waals surface area (Å²) in [6.45, 7) is 4.17. The molecule has 27 heavy (non-hydrogen) atoms. The molecule has 0 radical (unpaired) electrons. The number of nitrogens with zero attached hydrogens (tertiary/aromatic N) is 2. The van der Waals surface area contributed by atoms with Crippen LogP contribution in [-0.4, -0.2) is 68.1 Å². The van der Waals surface area contributed by atoms with Crippen molar-refractivity contribution in [2.24, 2.45) is 0 Å². The number of methoxy groups -OCH3 is 1. The van der Waals surface area contributed by atoms with Gasteiger partial charge in [0.25, 0.3) is 11.8 Å². The van der Waals surface area contributed by atoms with Gasteiger partial charge >= 0.3 is 0 Å². The van der Waals surface area contributed by atoms with Gasteiger partial charge in [-0.3, -0.25) is 19.4 Å². The van der Waals surface area contributed by atoms with Gasteiger partial charge in [0.05, 0.1) is 31.5 Å². The third kappa shape index (κ3) is 3.46. The van der Waals surface area contributed by atoms with Crippen LogP contribution in [0.15, 0.2) is 42.5 Å². The molecule has 0 atom stereocenters. The first-order valence-corrected chi connectivity index (χ1v) is 9.12. The summed E-state index contributed by atoms with van der Waals surface area (Å²) < 4.78 is 10.5. The van der Waals surface area contributed by atoms with Crippen LogP contribution in [0.1, 0.15) is 20.7 Å². The number of rotatable bonds is 5. The summed E-state index contributed by atoms with van der Waals surface area (Å²) in [5.41, 5.74) is 2.85. The topological polar surface area (TPSA) is 59.1 Å². The maximum absolute atomic E-state index is 12.8. The molecule has 1 saturated heterocycles. The van der Waals surface area contributed by atoms with Gasteiger partial charge in [0.15, 0.2) is 0 Å². The Kier molecular flexibility index (Phi) is 4.92. The lowest BCUT2D eigenvalue weighted by atomic mass is 10.0. The molecule has 6 nitrogen and oxygen atoms in total. The van der Waals surface area contributed by atoms with Gasteiger partial charge in [-0.1, -0.05) is 18.2 Å². The lowest BCUT2D eigenvalue weighted by Crippen LogP contribution is -2.42. The largest absolute Gasteiger partial charge is 0.497 e. The summed E-state index contributed by atoms with van der Waals surface area (Å²) in [4.78, 5) is 29.0. The van der Waals surface area contributed by atoms with Crippen molar-refractivity contribution >= 4 is 11.8 Å². The van der Waals surface area contributed by atoms with Crippen LogP contribution < -0.4 is 4.74 Å². The van der Waals surface area contributed by atoms with Crippen LogP contribution in [-0.2, 0) is 4.74 Å². The number of imide groups is 1. The molecule has 0 spiro atoms. The maximum atomic E-state index is 12.8. The third-order valence-corrected chi connectivity index (χ3v) is 5.14. The van der Waals surface area contributed by atoms with Gasteiger partial charge in [0, 0.05) is 26.2 Å². The molecular weight excluding hydrogens is 344 g/mol. The zero-order chi connectivity index (χ0) is 18.8. The van der Waals surface area contributed by atoms with Crippen LogP contribution >= 0.6 is 0 Å². The van der Waals surface area contributed by atoms with Crippen molar-refractivity contribution in [3.05, 3.63) is 53.6 Å². The minimum Gasteiger partial charge on any atom is -0.497 e. The van der Waals surface area contributed by atoms with Gasteiger partial charge in [-0.2, -0.15) is 0 Å². The van der Waals surface area contributed by atoms with Gasteiger partial charge in [-0.25, -0.2) is 0 Å². The van der Waals surface area contributed by atoms with Crippen molar-refractivity contribution in [3.8, 4) is 16.9 Å². The predicted molar refractivity (Wildman–Crippen MR) is 101 cm³/mol. The van der Waals surface area contributed by atoms with Crippen molar-refractivity contribution in [2.45, 2.75) is 0 Å². The quantitative estimate of drug-likeness (QED) is 0.760. The molecule has 6 heteroatoms. The molecule has 4 rings (SSSR count). The molecule has 0 unspecified atom stereocenters. The Morgan fingerprint density at radius 3 is 2.26 bits per heavy atom. The molecule has 0 aromatic heterocycles. The fourth-order valence-corrected chi connectivity index (χ4v) is 3.52. The fourth-order valence-electron chi connectivity index (χ4n) is 3.52. The monoisotopic (exact) mass is 366 g/mol. The highest BCUT2D eigenvalue weighted by atomic mass is 16.5. The van der Waals surface area contributed by atoms with E-state index in [1.54, 1.807) is 13.2 Å². The smallest absolute Gasteiger partial charge is 0.261 e. The zero-order valence-corrected chi connectivity index (χ0v) is 15.3. The van der Waals surface area contributed by atoms with Crippen molar-refractivity contribution < 1.29 is 19.1 Å². The molecule has 0 bridgehead atoms. The Morgan fingerprint density at radius 2 is 1.56 bits per heavy atom. The molecule has 1 fully saturated rings. The lowest BCUT2D eigenvalue weighted by molar-refractivity contribution is 0.0325. The Morgan fingerprint density at radius 1 is 0.889 bits per heavy atom. The second-order valence-corrected chi connectivity index (χ2v) is 6.70. The first-order chi connectivity index (χ1) is 13.2. The number of hydrogen-bond donors (Lipinski definition) is 0. The zero-order valence-electron chi connectivity index (χ0n) is 15.3. The normalized spacial score (nSPS) is 17.3. The maximum Gasteiger partial charge on any atom is 0.261 e. The van der Waals surface area contributed by atoms with Gasteiger partial charge in [-0.05, 0) is 35.4 Å². The molecule has 2 aliphatic rings. The molecule has 2 aliphatic heterocycles. The Bertz CT molecular complexity index is 857. The van der Waals surface area contributed by atoms with E-state index < -0.39 is 0 Å². The molecule has 2 heterocycles. The number of fused-ring (bicyclic) bond motifs is 1. The summed E-state index contributed by atoms with van der Waals surface area (Å²) in [5.74, 6) is 0.364. The van der Waals surface area contributed by atoms with Crippen LogP contribution in [0.25, 0.3) is 11.1 Å². The van der Waals surface area contributed by atoms with E-state index in [1.807, 2.05) is 36.4 Å². The number of benzene rings is 2. The summed E-state index contributed by atoms with van der Waals surface area (Å²) in [7, 11) is 1.63. The van der Waals surface area contributed by atoms with Crippen LogP contribution in [0.3, 0.4) is 0 Å². The second kappa shape index (κ2) is 7.50. The van der Waals surface area contributed by atoms with E-state index in [9.17, 15) is 9.59 Å². The number of amides is 2. The van der Waals surface area contributed by atoms with Gasteiger partial charge < -0.3 is 9.47 Å². The van der Waals surface area contributed by atoms with Crippen molar-refractivity contribution in [1.82, 2.24) is 9.80 Å². The molecule has 0 aliphatic carbocycles. The fraction of sp³-hybridized carbons (Fsp3) is 0.333. The third-order valence-electron chi connectivity index (χ3n) is 5.14. The summed E-state index contributed by atoms with van der Waals surface area (Å²) >= 11 is 0. The highest BCUT2D eigenvalue weighted by Gasteiger charge is 2.35. The standard InChI is InChI=1S/C21H22N2O4/c1-26-17-5-2-15(3-6-17)16-4-7-18-19(14-16)21(25)23(20(18)24)9-8-22-10-12-27-13-11-22/h2-7,14H,8-13H2,1H3. The molecule has 0 N–H and O–H groups in total.